The molecule has 4 rings (SSSR count). The summed E-state index contributed by atoms with van der Waals surface area (Å²) in [5.41, 5.74) is 2.50. The van der Waals surface area contributed by atoms with Gasteiger partial charge in [-0.05, 0) is 51.0 Å². The largest absolute Gasteiger partial charge is 0.490 e. The van der Waals surface area contributed by atoms with Gasteiger partial charge in [-0.1, -0.05) is 31.4 Å². The van der Waals surface area contributed by atoms with Crippen LogP contribution in [0.3, 0.4) is 0 Å². The maximum atomic E-state index is 13.4. The van der Waals surface area contributed by atoms with Crippen molar-refractivity contribution >= 4 is 22.8 Å². The van der Waals surface area contributed by atoms with Gasteiger partial charge in [0.2, 0.25) is 0 Å². The van der Waals surface area contributed by atoms with Crippen LogP contribution in [0.25, 0.3) is 10.9 Å². The van der Waals surface area contributed by atoms with Crippen LogP contribution in [-0.4, -0.2) is 36.1 Å². The Bertz CT molecular complexity index is 1170. The second kappa shape index (κ2) is 9.55. The number of aromatic nitrogens is 2. The molecule has 1 heterocycles. The summed E-state index contributed by atoms with van der Waals surface area (Å²) >= 11 is 0. The number of rotatable bonds is 6. The van der Waals surface area contributed by atoms with E-state index in [0.717, 1.165) is 54.0 Å². The SMILES string of the molecule is CC(C)Oc1cc(N(C)C)ccc1C=Nn1c(C2CCCCC2)nc2ccccc2c1=O. The Labute approximate surface area is 189 Å². The summed E-state index contributed by atoms with van der Waals surface area (Å²) in [5, 5.41) is 5.26. The van der Waals surface area contributed by atoms with Crippen molar-refractivity contribution < 1.29 is 4.74 Å². The third-order valence-corrected chi connectivity index (χ3v) is 5.94. The number of nitrogens with zero attached hydrogens (tertiary/aromatic N) is 4. The highest BCUT2D eigenvalue weighted by Gasteiger charge is 2.22. The molecule has 2 aromatic carbocycles. The molecule has 1 aliphatic carbocycles. The number of ether oxygens (including phenoxy) is 1. The van der Waals surface area contributed by atoms with E-state index in [4.69, 9.17) is 9.72 Å². The molecule has 0 radical (unpaired) electrons. The Morgan fingerprint density at radius 2 is 1.88 bits per heavy atom. The number of hydrogen-bond donors (Lipinski definition) is 0. The first-order valence-electron chi connectivity index (χ1n) is 11.5. The van der Waals surface area contributed by atoms with Crippen LogP contribution in [0.2, 0.25) is 0 Å². The molecule has 6 heteroatoms. The smallest absolute Gasteiger partial charge is 0.282 e. The molecule has 0 bridgehead atoms. The van der Waals surface area contributed by atoms with Gasteiger partial charge in [-0.2, -0.15) is 9.78 Å². The average Bonchev–Trinajstić information content (AvgIpc) is 2.79. The number of hydrogen-bond acceptors (Lipinski definition) is 5. The van der Waals surface area contributed by atoms with Crippen LogP contribution < -0.4 is 15.2 Å². The molecule has 0 atom stereocenters. The highest BCUT2D eigenvalue weighted by atomic mass is 16.5. The van der Waals surface area contributed by atoms with Crippen LogP contribution in [0, 0.1) is 0 Å². The predicted molar refractivity (Wildman–Crippen MR) is 131 cm³/mol. The van der Waals surface area contributed by atoms with E-state index in [0.29, 0.717) is 5.39 Å². The molecule has 1 fully saturated rings. The van der Waals surface area contributed by atoms with E-state index in [1.807, 2.05) is 75.3 Å². The van der Waals surface area contributed by atoms with Crippen molar-refractivity contribution in [2.75, 3.05) is 19.0 Å². The van der Waals surface area contributed by atoms with Crippen LogP contribution in [0.15, 0.2) is 52.4 Å². The van der Waals surface area contributed by atoms with Crippen molar-refractivity contribution in [1.82, 2.24) is 9.66 Å². The summed E-state index contributed by atoms with van der Waals surface area (Å²) in [7, 11) is 4.00. The van der Waals surface area contributed by atoms with E-state index >= 15 is 0 Å². The second-order valence-electron chi connectivity index (χ2n) is 8.97. The molecule has 168 valence electrons. The van der Waals surface area contributed by atoms with Crippen molar-refractivity contribution in [2.24, 2.45) is 5.10 Å². The second-order valence-corrected chi connectivity index (χ2v) is 8.97. The fraction of sp³-hybridized carbons (Fsp3) is 0.423. The number of anilines is 1. The van der Waals surface area contributed by atoms with Crippen molar-refractivity contribution in [3.05, 3.63) is 64.2 Å². The predicted octanol–water partition coefficient (Wildman–Crippen LogP) is 5.18. The van der Waals surface area contributed by atoms with Crippen LogP contribution in [-0.2, 0) is 0 Å². The first-order chi connectivity index (χ1) is 15.4. The Hall–Kier alpha value is -3.15. The lowest BCUT2D eigenvalue weighted by atomic mass is 9.88. The molecule has 1 aliphatic rings. The maximum absolute atomic E-state index is 13.4. The van der Waals surface area contributed by atoms with Crippen LogP contribution in [0.5, 0.6) is 5.75 Å². The van der Waals surface area contributed by atoms with Crippen molar-refractivity contribution in [3.63, 3.8) is 0 Å². The van der Waals surface area contributed by atoms with Crippen LogP contribution >= 0.6 is 0 Å². The lowest BCUT2D eigenvalue weighted by molar-refractivity contribution is 0.242. The third kappa shape index (κ3) is 4.69. The van der Waals surface area contributed by atoms with Crippen molar-refractivity contribution in [3.8, 4) is 5.75 Å². The average molecular weight is 433 g/mol. The number of para-hydroxylation sites is 1. The fourth-order valence-electron chi connectivity index (χ4n) is 4.26. The third-order valence-electron chi connectivity index (χ3n) is 5.94. The van der Waals surface area contributed by atoms with Crippen molar-refractivity contribution in [1.29, 1.82) is 0 Å². The maximum Gasteiger partial charge on any atom is 0.282 e. The van der Waals surface area contributed by atoms with Crippen molar-refractivity contribution in [2.45, 2.75) is 58.0 Å². The van der Waals surface area contributed by atoms with Crippen LogP contribution in [0.1, 0.15) is 63.3 Å². The Morgan fingerprint density at radius 1 is 1.12 bits per heavy atom. The van der Waals surface area contributed by atoms with Gasteiger partial charge in [-0.25, -0.2) is 4.98 Å². The van der Waals surface area contributed by atoms with Gasteiger partial charge >= 0.3 is 0 Å². The number of fused-ring (bicyclic) bond motifs is 1. The van der Waals surface area contributed by atoms with Gasteiger partial charge in [0.1, 0.15) is 11.6 Å². The normalized spacial score (nSPS) is 15.0. The topological polar surface area (TPSA) is 59.7 Å². The van der Waals surface area contributed by atoms with Gasteiger partial charge in [0.05, 0.1) is 23.2 Å². The van der Waals surface area contributed by atoms with E-state index in [9.17, 15) is 4.79 Å². The molecule has 0 aliphatic heterocycles. The minimum atomic E-state index is -0.122. The first kappa shape index (κ1) is 22.1. The van der Waals surface area contributed by atoms with E-state index in [2.05, 4.69) is 5.10 Å². The highest BCUT2D eigenvalue weighted by molar-refractivity contribution is 5.85. The lowest BCUT2D eigenvalue weighted by Gasteiger charge is -2.23. The summed E-state index contributed by atoms with van der Waals surface area (Å²) in [6.07, 6.45) is 7.40. The van der Waals surface area contributed by atoms with E-state index in [1.54, 1.807) is 6.21 Å². The molecule has 0 amide bonds. The zero-order valence-corrected chi connectivity index (χ0v) is 19.4. The Kier molecular flexibility index (Phi) is 6.58. The fourth-order valence-corrected chi connectivity index (χ4v) is 4.26. The Balaban J connectivity index is 1.81. The van der Waals surface area contributed by atoms with Gasteiger partial charge in [0, 0.05) is 37.3 Å². The number of benzene rings is 2. The molecule has 32 heavy (non-hydrogen) atoms. The minimum absolute atomic E-state index is 0.0300. The van der Waals surface area contributed by atoms with Gasteiger partial charge in [0.25, 0.3) is 5.56 Å². The highest BCUT2D eigenvalue weighted by Crippen LogP contribution is 2.32. The zero-order valence-electron chi connectivity index (χ0n) is 19.4. The molecule has 0 spiro atoms. The first-order valence-corrected chi connectivity index (χ1v) is 11.5. The van der Waals surface area contributed by atoms with Gasteiger partial charge < -0.3 is 9.64 Å². The molecular weight excluding hydrogens is 400 g/mol. The van der Waals surface area contributed by atoms with Gasteiger partial charge in [-0.15, -0.1) is 0 Å². The van der Waals surface area contributed by atoms with E-state index in [-0.39, 0.29) is 17.6 Å². The molecule has 0 N–H and O–H groups in total. The van der Waals surface area contributed by atoms with Crippen LogP contribution in [0.4, 0.5) is 5.69 Å². The summed E-state index contributed by atoms with van der Waals surface area (Å²) in [6, 6.07) is 13.5. The molecular formula is C26H32N4O2. The molecule has 0 unspecified atom stereocenters. The molecule has 0 saturated heterocycles. The summed E-state index contributed by atoms with van der Waals surface area (Å²) in [6.45, 7) is 4.00. The summed E-state index contributed by atoms with van der Waals surface area (Å²) in [4.78, 5) is 20.3. The zero-order chi connectivity index (χ0) is 22.7. The summed E-state index contributed by atoms with van der Waals surface area (Å²) < 4.78 is 7.56. The quantitative estimate of drug-likeness (QED) is 0.504. The Morgan fingerprint density at radius 3 is 2.59 bits per heavy atom. The lowest BCUT2D eigenvalue weighted by Crippen LogP contribution is -2.25. The molecule has 6 nitrogen and oxygen atoms in total. The van der Waals surface area contributed by atoms with E-state index < -0.39 is 0 Å². The molecule has 1 saturated carbocycles. The van der Waals surface area contributed by atoms with Gasteiger partial charge in [0.15, 0.2) is 0 Å². The van der Waals surface area contributed by atoms with Gasteiger partial charge in [-0.3, -0.25) is 4.79 Å². The monoisotopic (exact) mass is 432 g/mol. The van der Waals surface area contributed by atoms with E-state index in [1.165, 1.54) is 11.1 Å². The summed E-state index contributed by atoms with van der Waals surface area (Å²) in [5.74, 6) is 1.76. The molecule has 3 aromatic rings. The minimum Gasteiger partial charge on any atom is -0.490 e. The molecule has 1 aromatic heterocycles. The standard InChI is InChI=1S/C26H32N4O2/c1-18(2)32-24-16-21(29(3)4)15-14-20(24)17-27-30-25(19-10-6-5-7-11-19)28-23-13-9-8-12-22(23)26(30)31/h8-9,12-19H,5-7,10-11H2,1-4H3.